The Bertz CT molecular complexity index is 1280. The van der Waals surface area contributed by atoms with Crippen LogP contribution in [0.5, 0.6) is 0 Å². The summed E-state index contributed by atoms with van der Waals surface area (Å²) >= 11 is 0. The molecular weight excluding hydrogens is 536 g/mol. The van der Waals surface area contributed by atoms with Gasteiger partial charge in [-0.2, -0.15) is 5.10 Å². The van der Waals surface area contributed by atoms with Crippen molar-refractivity contribution in [2.45, 2.75) is 60.8 Å². The van der Waals surface area contributed by atoms with Crippen LogP contribution in [0.15, 0.2) is 49.4 Å². The summed E-state index contributed by atoms with van der Waals surface area (Å²) in [5.41, 5.74) is 6.13. The Labute approximate surface area is 259 Å². The van der Waals surface area contributed by atoms with Crippen LogP contribution in [-0.4, -0.2) is 69.6 Å². The zero-order valence-electron chi connectivity index (χ0n) is 27.7. The number of hydrogen-bond donors (Lipinski definition) is 4. The van der Waals surface area contributed by atoms with E-state index >= 15 is 0 Å². The maximum absolute atomic E-state index is 4.51. The largest absolute Gasteiger partial charge is 0.387 e. The lowest BCUT2D eigenvalue weighted by molar-refractivity contribution is 0.219. The predicted molar refractivity (Wildman–Crippen MR) is 182 cm³/mol. The molecule has 0 radical (unpaired) electrons. The first-order chi connectivity index (χ1) is 20.9. The topological polar surface area (TPSA) is 108 Å². The quantitative estimate of drug-likeness (QED) is 0.212. The molecule has 10 heteroatoms. The van der Waals surface area contributed by atoms with Crippen LogP contribution in [0, 0.1) is 5.92 Å². The number of nitrogens with one attached hydrogen (secondary N) is 4. The van der Waals surface area contributed by atoms with Gasteiger partial charge in [0.25, 0.3) is 0 Å². The molecule has 1 atom stereocenters. The summed E-state index contributed by atoms with van der Waals surface area (Å²) in [6.07, 6.45) is 4.54. The van der Waals surface area contributed by atoms with Crippen LogP contribution in [0.2, 0.25) is 0 Å². The van der Waals surface area contributed by atoms with Gasteiger partial charge in [-0.15, -0.1) is 10.2 Å². The van der Waals surface area contributed by atoms with Crippen molar-refractivity contribution in [3.63, 3.8) is 0 Å². The van der Waals surface area contributed by atoms with Gasteiger partial charge in [-0.25, -0.2) is 4.98 Å². The normalized spacial score (nSPS) is 15.0. The van der Waals surface area contributed by atoms with E-state index in [1.54, 1.807) is 11.0 Å². The second-order valence-corrected chi connectivity index (χ2v) is 10.2. The molecule has 0 aliphatic carbocycles. The van der Waals surface area contributed by atoms with E-state index in [9.17, 15) is 0 Å². The van der Waals surface area contributed by atoms with Crippen molar-refractivity contribution >= 4 is 22.9 Å². The predicted octanol–water partition coefficient (Wildman–Crippen LogP) is 6.07. The summed E-state index contributed by atoms with van der Waals surface area (Å²) in [7, 11) is 3.70. The van der Waals surface area contributed by atoms with Gasteiger partial charge in [-0.3, -0.25) is 4.68 Å². The molecule has 4 N–H and O–H groups in total. The second kappa shape index (κ2) is 18.7. The van der Waals surface area contributed by atoms with Crippen LogP contribution in [0.4, 0.5) is 17.2 Å². The molecule has 10 nitrogen and oxygen atoms in total. The van der Waals surface area contributed by atoms with Gasteiger partial charge >= 0.3 is 0 Å². The smallest absolute Gasteiger partial charge is 0.181 e. The average molecular weight is 591 g/mol. The van der Waals surface area contributed by atoms with Crippen molar-refractivity contribution in [3.05, 3.63) is 60.7 Å². The van der Waals surface area contributed by atoms with Crippen molar-refractivity contribution < 1.29 is 0 Å². The molecule has 0 amide bonds. The molecule has 1 aliphatic rings. The van der Waals surface area contributed by atoms with Crippen LogP contribution in [-0.2, 0) is 13.5 Å². The van der Waals surface area contributed by atoms with E-state index in [2.05, 4.69) is 85.6 Å². The molecular formula is C33H54N10. The number of aryl methyl sites for hydroxylation is 1. The Balaban J connectivity index is 0.00000155. The minimum Gasteiger partial charge on any atom is -0.387 e. The molecule has 4 rings (SSSR count). The van der Waals surface area contributed by atoms with Crippen molar-refractivity contribution in [2.24, 2.45) is 13.0 Å². The Kier molecular flexibility index (Phi) is 15.4. The maximum atomic E-state index is 4.51. The highest BCUT2D eigenvalue weighted by molar-refractivity contribution is 5.79. The number of anilines is 3. The molecule has 1 fully saturated rings. The molecule has 236 valence electrons. The summed E-state index contributed by atoms with van der Waals surface area (Å²) in [5, 5.41) is 27.0. The lowest BCUT2D eigenvalue weighted by Crippen LogP contribution is -2.39. The first-order valence-electron chi connectivity index (χ1n) is 15.8. The molecule has 3 heterocycles. The number of nitrogens with zero attached hydrogens (tertiary/aromatic N) is 6. The maximum Gasteiger partial charge on any atom is 0.181 e. The first-order valence-corrected chi connectivity index (χ1v) is 15.8. The van der Waals surface area contributed by atoms with Gasteiger partial charge < -0.3 is 26.2 Å². The van der Waals surface area contributed by atoms with Gasteiger partial charge in [0.2, 0.25) is 0 Å². The van der Waals surface area contributed by atoms with E-state index in [-0.39, 0.29) is 0 Å². The molecule has 0 bridgehead atoms. The molecule has 1 unspecified atom stereocenters. The highest BCUT2D eigenvalue weighted by atomic mass is 15.3. The van der Waals surface area contributed by atoms with E-state index in [0.29, 0.717) is 29.0 Å². The summed E-state index contributed by atoms with van der Waals surface area (Å²) in [4.78, 5) is 7.00. The monoisotopic (exact) mass is 590 g/mol. The molecule has 0 spiro atoms. The fourth-order valence-electron chi connectivity index (χ4n) is 4.90. The molecule has 1 aromatic carbocycles. The van der Waals surface area contributed by atoms with Gasteiger partial charge in [-0.1, -0.05) is 66.8 Å². The van der Waals surface area contributed by atoms with E-state index in [4.69, 9.17) is 0 Å². The number of benzene rings is 1. The number of aromatic nitrogens is 5. The van der Waals surface area contributed by atoms with E-state index < -0.39 is 0 Å². The molecule has 3 aromatic rings. The van der Waals surface area contributed by atoms with Crippen LogP contribution in [0.3, 0.4) is 0 Å². The van der Waals surface area contributed by atoms with Crippen molar-refractivity contribution in [1.82, 2.24) is 40.5 Å². The summed E-state index contributed by atoms with van der Waals surface area (Å²) in [6, 6.07) is 8.09. The standard InChI is InChI=1S/C29H42N10.2C2H6/c1-7-23-24(29-32-19-38(6)37-29)10-8-11-25(23)34-26-16-27(35-36-28(26)22(4)30-5)33-21(3)12-15-39-14-9-13-31-17-20(2)18-39;2*1-2/h8,10-11,16,19-20,30-31H,3-4,7,9,12-15,17-18H2,1-2,5-6H3,(H2,33,34,35);2*1-2H3. The SMILES string of the molecule is C=C(CCN1CCCNCC(C)C1)Nc1cc(Nc2cccc(-c3ncn(C)n3)c2CC)c(C(=C)NC)nn1.CC.CC. The van der Waals surface area contributed by atoms with Gasteiger partial charge in [0.1, 0.15) is 12.0 Å². The van der Waals surface area contributed by atoms with E-state index in [0.717, 1.165) is 73.8 Å². The van der Waals surface area contributed by atoms with Crippen molar-refractivity contribution in [3.8, 4) is 11.4 Å². The molecule has 1 aliphatic heterocycles. The molecule has 43 heavy (non-hydrogen) atoms. The van der Waals surface area contributed by atoms with E-state index in [1.165, 1.54) is 6.42 Å². The zero-order chi connectivity index (χ0) is 31.8. The molecule has 1 saturated heterocycles. The van der Waals surface area contributed by atoms with Crippen LogP contribution < -0.4 is 21.3 Å². The fourth-order valence-corrected chi connectivity index (χ4v) is 4.90. The minimum absolute atomic E-state index is 0.638. The number of hydrogen-bond acceptors (Lipinski definition) is 9. The third-order valence-corrected chi connectivity index (χ3v) is 6.95. The average Bonchev–Trinajstić information content (AvgIpc) is 3.45. The van der Waals surface area contributed by atoms with Gasteiger partial charge in [0, 0.05) is 50.2 Å². The third-order valence-electron chi connectivity index (χ3n) is 6.95. The van der Waals surface area contributed by atoms with E-state index in [1.807, 2.05) is 53.9 Å². The van der Waals surface area contributed by atoms with Crippen LogP contribution in [0.25, 0.3) is 17.1 Å². The molecule has 2 aromatic heterocycles. The fraction of sp³-hybridized carbons (Fsp3) is 0.515. The van der Waals surface area contributed by atoms with Gasteiger partial charge in [-0.05, 0) is 56.4 Å². The Morgan fingerprint density at radius 2 is 1.88 bits per heavy atom. The highest BCUT2D eigenvalue weighted by Crippen LogP contribution is 2.32. The second-order valence-electron chi connectivity index (χ2n) is 10.2. The van der Waals surface area contributed by atoms with Gasteiger partial charge in [0.05, 0.1) is 11.4 Å². The van der Waals surface area contributed by atoms with Crippen molar-refractivity contribution in [2.75, 3.05) is 50.4 Å². The summed E-state index contributed by atoms with van der Waals surface area (Å²) in [5.74, 6) is 1.98. The van der Waals surface area contributed by atoms with Crippen LogP contribution in [0.1, 0.15) is 65.6 Å². The summed E-state index contributed by atoms with van der Waals surface area (Å²) in [6.45, 7) is 26.2. The zero-order valence-corrected chi connectivity index (χ0v) is 27.7. The minimum atomic E-state index is 0.638. The Hall–Kier alpha value is -3.76. The Morgan fingerprint density at radius 3 is 2.56 bits per heavy atom. The summed E-state index contributed by atoms with van der Waals surface area (Å²) < 4.78 is 1.72. The van der Waals surface area contributed by atoms with Gasteiger partial charge in [0.15, 0.2) is 11.6 Å². The first kappa shape index (κ1) is 35.4. The number of rotatable bonds is 11. The van der Waals surface area contributed by atoms with Crippen LogP contribution >= 0.6 is 0 Å². The third kappa shape index (κ3) is 10.5. The highest BCUT2D eigenvalue weighted by Gasteiger charge is 2.17. The van der Waals surface area contributed by atoms with Crippen molar-refractivity contribution in [1.29, 1.82) is 0 Å². The lowest BCUT2D eigenvalue weighted by atomic mass is 10.0. The molecule has 0 saturated carbocycles. The Morgan fingerprint density at radius 1 is 1.12 bits per heavy atom. The lowest BCUT2D eigenvalue weighted by Gasteiger charge is -2.28.